The van der Waals surface area contributed by atoms with Crippen molar-refractivity contribution in [2.45, 2.75) is 13.1 Å². The SMILES string of the molecule is Cc1nc(N2CCN(C(=O)COc3ccccc3)CC2)cc(C(F)(F)F)n1. The predicted octanol–water partition coefficient (Wildman–Crippen LogP) is 2.53. The highest BCUT2D eigenvalue weighted by Crippen LogP contribution is 2.29. The topological polar surface area (TPSA) is 58.6 Å². The fourth-order valence-corrected chi connectivity index (χ4v) is 2.80. The van der Waals surface area contributed by atoms with Crippen molar-refractivity contribution in [3.05, 3.63) is 47.9 Å². The lowest BCUT2D eigenvalue weighted by Crippen LogP contribution is -2.50. The largest absolute Gasteiger partial charge is 0.484 e. The van der Waals surface area contributed by atoms with Crippen LogP contribution in [0.25, 0.3) is 0 Å². The van der Waals surface area contributed by atoms with Gasteiger partial charge in [-0.3, -0.25) is 4.79 Å². The molecule has 0 spiro atoms. The summed E-state index contributed by atoms with van der Waals surface area (Å²) in [7, 11) is 0. The number of piperazine rings is 1. The molecule has 1 aromatic carbocycles. The molecule has 2 heterocycles. The molecule has 1 aliphatic heterocycles. The normalized spacial score (nSPS) is 15.0. The van der Waals surface area contributed by atoms with Crippen LogP contribution < -0.4 is 9.64 Å². The number of rotatable bonds is 4. The molecule has 0 radical (unpaired) electrons. The first-order chi connectivity index (χ1) is 12.8. The van der Waals surface area contributed by atoms with Crippen LogP contribution in [0, 0.1) is 6.92 Å². The lowest BCUT2D eigenvalue weighted by molar-refractivity contribution is -0.141. The first kappa shape index (κ1) is 18.9. The molecule has 27 heavy (non-hydrogen) atoms. The van der Waals surface area contributed by atoms with Gasteiger partial charge in [0.1, 0.15) is 23.1 Å². The zero-order valence-corrected chi connectivity index (χ0v) is 14.7. The minimum absolute atomic E-state index is 0.0644. The lowest BCUT2D eigenvalue weighted by atomic mass is 10.3. The molecular formula is C18H19F3N4O2. The molecule has 1 saturated heterocycles. The van der Waals surface area contributed by atoms with Gasteiger partial charge < -0.3 is 14.5 Å². The minimum Gasteiger partial charge on any atom is -0.484 e. The van der Waals surface area contributed by atoms with E-state index in [4.69, 9.17) is 4.74 Å². The molecule has 0 saturated carbocycles. The third-order valence-corrected chi connectivity index (χ3v) is 4.18. The van der Waals surface area contributed by atoms with Crippen molar-refractivity contribution in [1.82, 2.24) is 14.9 Å². The van der Waals surface area contributed by atoms with Gasteiger partial charge in [0, 0.05) is 32.2 Å². The highest BCUT2D eigenvalue weighted by molar-refractivity contribution is 5.78. The number of carbonyl (C=O) groups is 1. The summed E-state index contributed by atoms with van der Waals surface area (Å²) in [5.41, 5.74) is -0.959. The number of aromatic nitrogens is 2. The van der Waals surface area contributed by atoms with E-state index in [2.05, 4.69) is 9.97 Å². The monoisotopic (exact) mass is 380 g/mol. The quantitative estimate of drug-likeness (QED) is 0.816. The summed E-state index contributed by atoms with van der Waals surface area (Å²) in [5.74, 6) is 0.742. The first-order valence-electron chi connectivity index (χ1n) is 8.46. The molecule has 6 nitrogen and oxygen atoms in total. The number of nitrogens with zero attached hydrogens (tertiary/aromatic N) is 4. The maximum absolute atomic E-state index is 12.9. The van der Waals surface area contributed by atoms with E-state index in [0.717, 1.165) is 6.07 Å². The van der Waals surface area contributed by atoms with Crippen molar-refractivity contribution >= 4 is 11.7 Å². The van der Waals surface area contributed by atoms with Gasteiger partial charge in [-0.15, -0.1) is 0 Å². The van der Waals surface area contributed by atoms with Gasteiger partial charge in [0.2, 0.25) is 0 Å². The van der Waals surface area contributed by atoms with E-state index in [-0.39, 0.29) is 24.2 Å². The summed E-state index contributed by atoms with van der Waals surface area (Å²) >= 11 is 0. The zero-order chi connectivity index (χ0) is 19.4. The Morgan fingerprint density at radius 1 is 1.11 bits per heavy atom. The van der Waals surface area contributed by atoms with Gasteiger partial charge in [-0.05, 0) is 19.1 Å². The van der Waals surface area contributed by atoms with E-state index < -0.39 is 11.9 Å². The number of para-hydroxylation sites is 1. The summed E-state index contributed by atoms with van der Waals surface area (Å²) in [6, 6.07) is 9.97. The smallest absolute Gasteiger partial charge is 0.433 e. The average Bonchev–Trinajstić information content (AvgIpc) is 2.66. The van der Waals surface area contributed by atoms with Crippen molar-refractivity contribution in [2.75, 3.05) is 37.7 Å². The zero-order valence-electron chi connectivity index (χ0n) is 14.7. The lowest BCUT2D eigenvalue weighted by Gasteiger charge is -2.35. The maximum atomic E-state index is 12.9. The minimum atomic E-state index is -4.52. The van der Waals surface area contributed by atoms with Crippen LogP contribution in [0.2, 0.25) is 0 Å². The molecule has 1 aromatic heterocycles. The van der Waals surface area contributed by atoms with Crippen LogP contribution in [-0.4, -0.2) is 53.6 Å². The summed E-state index contributed by atoms with van der Waals surface area (Å²) < 4.78 is 44.2. The number of halogens is 3. The molecular weight excluding hydrogens is 361 g/mol. The number of anilines is 1. The third kappa shape index (κ3) is 4.87. The van der Waals surface area contributed by atoms with Crippen LogP contribution in [0.4, 0.5) is 19.0 Å². The number of benzene rings is 1. The number of ether oxygens (including phenoxy) is 1. The highest BCUT2D eigenvalue weighted by Gasteiger charge is 2.34. The van der Waals surface area contributed by atoms with Crippen molar-refractivity contribution in [2.24, 2.45) is 0 Å². The van der Waals surface area contributed by atoms with E-state index in [1.165, 1.54) is 6.92 Å². The Balaban J connectivity index is 1.57. The van der Waals surface area contributed by atoms with E-state index in [1.54, 1.807) is 21.9 Å². The molecule has 144 valence electrons. The Bertz CT molecular complexity index is 791. The molecule has 9 heteroatoms. The number of alkyl halides is 3. The van der Waals surface area contributed by atoms with Crippen LogP contribution in [-0.2, 0) is 11.0 Å². The first-order valence-corrected chi connectivity index (χ1v) is 8.46. The number of amides is 1. The van der Waals surface area contributed by atoms with Gasteiger partial charge in [-0.25, -0.2) is 9.97 Å². The van der Waals surface area contributed by atoms with Crippen LogP contribution >= 0.6 is 0 Å². The molecule has 0 bridgehead atoms. The second kappa shape index (κ2) is 7.81. The van der Waals surface area contributed by atoms with Crippen LogP contribution in [0.5, 0.6) is 5.75 Å². The number of hydrogen-bond acceptors (Lipinski definition) is 5. The summed E-state index contributed by atoms with van der Waals surface area (Å²) in [5, 5.41) is 0. The predicted molar refractivity (Wildman–Crippen MR) is 92.5 cm³/mol. The van der Waals surface area contributed by atoms with E-state index in [9.17, 15) is 18.0 Å². The average molecular weight is 380 g/mol. The Labute approximate surface area is 154 Å². The molecule has 0 N–H and O–H groups in total. The van der Waals surface area contributed by atoms with Gasteiger partial charge in [0.05, 0.1) is 0 Å². The Hall–Kier alpha value is -2.84. The van der Waals surface area contributed by atoms with Gasteiger partial charge in [0.15, 0.2) is 6.61 Å². The van der Waals surface area contributed by atoms with Crippen molar-refractivity contribution in [3.8, 4) is 5.75 Å². The van der Waals surface area contributed by atoms with Crippen molar-refractivity contribution < 1.29 is 22.7 Å². The summed E-state index contributed by atoms with van der Waals surface area (Å²) in [6.07, 6.45) is -4.52. The van der Waals surface area contributed by atoms with Crippen molar-refractivity contribution in [1.29, 1.82) is 0 Å². The van der Waals surface area contributed by atoms with E-state index >= 15 is 0 Å². The number of aryl methyl sites for hydroxylation is 1. The molecule has 0 unspecified atom stereocenters. The van der Waals surface area contributed by atoms with Crippen LogP contribution in [0.15, 0.2) is 36.4 Å². The summed E-state index contributed by atoms with van der Waals surface area (Å²) in [4.78, 5) is 23.2. The Morgan fingerprint density at radius 3 is 2.41 bits per heavy atom. The molecule has 1 fully saturated rings. The second-order valence-electron chi connectivity index (χ2n) is 6.13. The standard InChI is InChI=1S/C18H19F3N4O2/c1-13-22-15(18(19,20)21)11-16(23-13)24-7-9-25(10-8-24)17(26)12-27-14-5-3-2-4-6-14/h2-6,11H,7-10,12H2,1H3. The Morgan fingerprint density at radius 2 is 1.78 bits per heavy atom. The molecule has 0 atom stereocenters. The van der Waals surface area contributed by atoms with Gasteiger partial charge in [-0.1, -0.05) is 18.2 Å². The highest BCUT2D eigenvalue weighted by atomic mass is 19.4. The van der Waals surface area contributed by atoms with Crippen LogP contribution in [0.1, 0.15) is 11.5 Å². The summed E-state index contributed by atoms with van der Waals surface area (Å²) in [6.45, 7) is 2.92. The van der Waals surface area contributed by atoms with Crippen molar-refractivity contribution in [3.63, 3.8) is 0 Å². The maximum Gasteiger partial charge on any atom is 0.433 e. The molecule has 3 rings (SSSR count). The van der Waals surface area contributed by atoms with Gasteiger partial charge in [0.25, 0.3) is 5.91 Å². The molecule has 1 amide bonds. The van der Waals surface area contributed by atoms with Gasteiger partial charge >= 0.3 is 6.18 Å². The Kier molecular flexibility index (Phi) is 5.48. The molecule has 2 aromatic rings. The third-order valence-electron chi connectivity index (χ3n) is 4.18. The van der Waals surface area contributed by atoms with E-state index in [0.29, 0.717) is 31.9 Å². The number of carbonyl (C=O) groups excluding carboxylic acids is 1. The number of hydrogen-bond donors (Lipinski definition) is 0. The van der Waals surface area contributed by atoms with Crippen LogP contribution in [0.3, 0.4) is 0 Å². The second-order valence-corrected chi connectivity index (χ2v) is 6.13. The van der Waals surface area contributed by atoms with E-state index in [1.807, 2.05) is 18.2 Å². The fourth-order valence-electron chi connectivity index (χ4n) is 2.80. The fraction of sp³-hybridized carbons (Fsp3) is 0.389. The van der Waals surface area contributed by atoms with Gasteiger partial charge in [-0.2, -0.15) is 13.2 Å². The molecule has 1 aliphatic rings. The molecule has 0 aliphatic carbocycles.